The molecule has 1 aliphatic carbocycles. The zero-order valence-corrected chi connectivity index (χ0v) is 32.3. The maximum Gasteiger partial charge on any atom is 0.409 e. The lowest BCUT2D eigenvalue weighted by Crippen LogP contribution is -2.34. The normalized spacial score (nSPS) is 12.3. The first-order chi connectivity index (χ1) is 27.7. The van der Waals surface area contributed by atoms with Gasteiger partial charge < -0.3 is 38.1 Å². The summed E-state index contributed by atoms with van der Waals surface area (Å²) in [6, 6.07) is 47.6. The maximum atomic E-state index is 12.7. The van der Waals surface area contributed by atoms with Gasteiger partial charge in [-0.15, -0.1) is 0 Å². The molecule has 0 bridgehead atoms. The molecule has 0 fully saturated rings. The van der Waals surface area contributed by atoms with Crippen LogP contribution >= 0.6 is 0 Å². The van der Waals surface area contributed by atoms with Gasteiger partial charge in [-0.3, -0.25) is 0 Å². The van der Waals surface area contributed by atoms with Crippen LogP contribution in [0.25, 0.3) is 11.1 Å². The molecule has 0 aromatic heterocycles. The highest BCUT2D eigenvalue weighted by Crippen LogP contribution is 2.44. The average Bonchev–Trinajstić information content (AvgIpc) is 3.58. The number of carbonyl (C=O) groups is 1. The number of hydrogen-bond donors (Lipinski definition) is 0. The molecule has 0 heterocycles. The summed E-state index contributed by atoms with van der Waals surface area (Å²) in [5.41, 5.74) is 7.23. The second-order valence-electron chi connectivity index (χ2n) is 13.4. The quantitative estimate of drug-likeness (QED) is 0.0463. The summed E-state index contributed by atoms with van der Waals surface area (Å²) in [6.07, 6.45) is -0.362. The largest absolute Gasteiger partial charge is 0.448 e. The number of likely N-dealkylation sites (N-methyl/N-ethyl adjacent to an activating group) is 1. The monoisotopic (exact) mass is 759 g/mol. The molecule has 0 N–H and O–H groups in total. The van der Waals surface area contributed by atoms with Crippen LogP contribution in [-0.4, -0.2) is 104 Å². The Kier molecular flexibility index (Phi) is 16.0. The lowest BCUT2D eigenvalue weighted by molar-refractivity contribution is -0.0392. The van der Waals surface area contributed by atoms with E-state index in [1.54, 1.807) is 11.9 Å². The van der Waals surface area contributed by atoms with Gasteiger partial charge in [-0.1, -0.05) is 140 Å². The van der Waals surface area contributed by atoms with Crippen LogP contribution in [0.4, 0.5) is 4.79 Å². The summed E-state index contributed by atoms with van der Waals surface area (Å²) in [6.45, 7) is 5.63. The fraction of sp³-hybridized carbons (Fsp3) is 0.340. The van der Waals surface area contributed by atoms with Gasteiger partial charge in [-0.05, 0) is 38.9 Å². The summed E-state index contributed by atoms with van der Waals surface area (Å²) in [4.78, 5) is 14.2. The van der Waals surface area contributed by atoms with Gasteiger partial charge in [-0.25, -0.2) is 4.79 Å². The molecule has 0 aliphatic heterocycles. The van der Waals surface area contributed by atoms with E-state index in [9.17, 15) is 4.79 Å². The van der Waals surface area contributed by atoms with Gasteiger partial charge in [-0.2, -0.15) is 0 Å². The smallest absolute Gasteiger partial charge is 0.409 e. The average molecular weight is 760 g/mol. The summed E-state index contributed by atoms with van der Waals surface area (Å²) in [7, 11) is 1.72. The third-order valence-electron chi connectivity index (χ3n) is 9.79. The fourth-order valence-electron chi connectivity index (χ4n) is 7.00. The van der Waals surface area contributed by atoms with E-state index in [1.807, 2.05) is 78.9 Å². The van der Waals surface area contributed by atoms with Crippen molar-refractivity contribution < 1.29 is 38.0 Å². The van der Waals surface area contributed by atoms with Crippen molar-refractivity contribution in [3.63, 3.8) is 0 Å². The van der Waals surface area contributed by atoms with Gasteiger partial charge in [0, 0.05) is 19.5 Å². The third kappa shape index (κ3) is 10.9. The summed E-state index contributed by atoms with van der Waals surface area (Å²) >= 11 is 0. The van der Waals surface area contributed by atoms with Crippen LogP contribution in [0.15, 0.2) is 140 Å². The Morgan fingerprint density at radius 2 is 0.839 bits per heavy atom. The highest BCUT2D eigenvalue weighted by Gasteiger charge is 2.37. The molecule has 0 spiro atoms. The van der Waals surface area contributed by atoms with Crippen LogP contribution in [0.1, 0.15) is 33.7 Å². The number of carbonyl (C=O) groups excluding carboxylic acids is 1. The van der Waals surface area contributed by atoms with Crippen molar-refractivity contribution in [2.45, 2.75) is 11.5 Å². The molecule has 9 heteroatoms. The number of amides is 1. The van der Waals surface area contributed by atoms with Crippen LogP contribution in [0, 0.1) is 0 Å². The van der Waals surface area contributed by atoms with Crippen molar-refractivity contribution in [3.05, 3.63) is 167 Å². The first kappa shape index (κ1) is 40.8. The Hall–Kier alpha value is -4.87. The van der Waals surface area contributed by atoms with Crippen molar-refractivity contribution in [2.24, 2.45) is 0 Å². The predicted molar refractivity (Wildman–Crippen MR) is 217 cm³/mol. The lowest BCUT2D eigenvalue weighted by Gasteiger charge is -2.36. The Bertz CT molecular complexity index is 1730. The minimum absolute atomic E-state index is 0.0371. The first-order valence-corrected chi connectivity index (χ1v) is 19.4. The van der Waals surface area contributed by atoms with Gasteiger partial charge >= 0.3 is 6.09 Å². The van der Waals surface area contributed by atoms with Gasteiger partial charge in [0.25, 0.3) is 0 Å². The van der Waals surface area contributed by atoms with Crippen LogP contribution in [0.5, 0.6) is 0 Å². The van der Waals surface area contributed by atoms with Crippen molar-refractivity contribution in [1.29, 1.82) is 0 Å². The second-order valence-corrected chi connectivity index (χ2v) is 13.4. The SMILES string of the molecule is CN(CCOCCOCCOCCOCCOCCOC(c1ccccc1)(c1ccccc1)c1ccccc1)C(=O)OCC1c2ccccc2-c2ccccc21. The maximum absolute atomic E-state index is 12.7. The summed E-state index contributed by atoms with van der Waals surface area (Å²) in [5, 5.41) is 0. The molecular weight excluding hydrogens is 707 g/mol. The highest BCUT2D eigenvalue weighted by atomic mass is 16.6. The predicted octanol–water partition coefficient (Wildman–Crippen LogP) is 7.96. The Morgan fingerprint density at radius 3 is 1.27 bits per heavy atom. The Labute approximate surface area is 331 Å². The Balaban J connectivity index is 0.761. The van der Waals surface area contributed by atoms with E-state index >= 15 is 0 Å². The molecule has 0 saturated carbocycles. The van der Waals surface area contributed by atoms with E-state index in [-0.39, 0.29) is 12.0 Å². The van der Waals surface area contributed by atoms with Crippen molar-refractivity contribution >= 4 is 6.09 Å². The molecule has 6 rings (SSSR count). The number of benzene rings is 5. The van der Waals surface area contributed by atoms with Crippen molar-refractivity contribution in [2.75, 3.05) is 92.9 Å². The molecule has 9 nitrogen and oxygen atoms in total. The first-order valence-electron chi connectivity index (χ1n) is 19.4. The molecule has 0 saturated heterocycles. The lowest BCUT2D eigenvalue weighted by atomic mass is 9.80. The molecule has 0 atom stereocenters. The van der Waals surface area contributed by atoms with E-state index in [2.05, 4.69) is 60.7 Å². The molecule has 0 radical (unpaired) electrons. The van der Waals surface area contributed by atoms with E-state index in [4.69, 9.17) is 33.2 Å². The van der Waals surface area contributed by atoms with Crippen LogP contribution in [0.2, 0.25) is 0 Å². The topological polar surface area (TPSA) is 84.9 Å². The van der Waals surface area contributed by atoms with E-state index in [0.29, 0.717) is 85.8 Å². The van der Waals surface area contributed by atoms with Gasteiger partial charge in [0.1, 0.15) is 12.2 Å². The summed E-state index contributed by atoms with van der Waals surface area (Å²) in [5.74, 6) is 0.0371. The standard InChI is InChI=1S/C47H53NO8/c1-48(46(49)55-37-45-43-23-13-11-21-41(43)42-22-12-14-24-44(42)45)25-26-50-27-28-51-29-30-52-31-32-53-33-34-54-35-36-56-47(38-15-5-2-6-16-38,39-17-7-3-8-18-39)40-19-9-4-10-20-40/h2-24,45H,25-37H2,1H3. The highest BCUT2D eigenvalue weighted by molar-refractivity contribution is 5.79. The number of fused-ring (bicyclic) bond motifs is 3. The van der Waals surface area contributed by atoms with E-state index in [1.165, 1.54) is 22.3 Å². The molecular formula is C47H53NO8. The van der Waals surface area contributed by atoms with Crippen LogP contribution in [-0.2, 0) is 38.8 Å². The number of ether oxygens (including phenoxy) is 7. The minimum Gasteiger partial charge on any atom is -0.448 e. The zero-order valence-electron chi connectivity index (χ0n) is 32.3. The number of hydrogen-bond acceptors (Lipinski definition) is 8. The van der Waals surface area contributed by atoms with Gasteiger partial charge in [0.05, 0.1) is 72.7 Å². The van der Waals surface area contributed by atoms with Crippen LogP contribution in [0.3, 0.4) is 0 Å². The molecule has 294 valence electrons. The second kappa shape index (κ2) is 22.0. The van der Waals surface area contributed by atoms with Crippen molar-refractivity contribution in [1.82, 2.24) is 4.90 Å². The van der Waals surface area contributed by atoms with Crippen molar-refractivity contribution in [3.8, 4) is 11.1 Å². The molecule has 5 aromatic rings. The molecule has 1 aliphatic rings. The van der Waals surface area contributed by atoms with Crippen LogP contribution < -0.4 is 0 Å². The third-order valence-corrected chi connectivity index (χ3v) is 9.79. The number of rotatable bonds is 24. The fourth-order valence-corrected chi connectivity index (χ4v) is 7.00. The summed E-state index contributed by atoms with van der Waals surface area (Å²) < 4.78 is 40.9. The van der Waals surface area contributed by atoms with Gasteiger partial charge in [0.15, 0.2) is 0 Å². The molecule has 0 unspecified atom stereocenters. The number of nitrogens with zero attached hydrogens (tertiary/aromatic N) is 1. The Morgan fingerprint density at radius 1 is 0.482 bits per heavy atom. The molecule has 1 amide bonds. The van der Waals surface area contributed by atoms with E-state index in [0.717, 1.165) is 16.7 Å². The zero-order chi connectivity index (χ0) is 38.7. The van der Waals surface area contributed by atoms with E-state index < -0.39 is 5.60 Å². The van der Waals surface area contributed by atoms with Gasteiger partial charge in [0.2, 0.25) is 0 Å². The minimum atomic E-state index is -0.760. The molecule has 5 aromatic carbocycles. The molecule has 56 heavy (non-hydrogen) atoms.